The van der Waals surface area contributed by atoms with Crippen LogP contribution in [0.3, 0.4) is 0 Å². The van der Waals surface area contributed by atoms with E-state index in [9.17, 15) is 0 Å². The first-order valence-corrected chi connectivity index (χ1v) is 6.93. The van der Waals surface area contributed by atoms with Gasteiger partial charge in [-0.05, 0) is 35.6 Å². The van der Waals surface area contributed by atoms with E-state index in [0.29, 0.717) is 5.92 Å². The quantitative estimate of drug-likeness (QED) is 0.583. The fraction of sp³-hybridized carbons (Fsp3) is 0.294. The van der Waals surface area contributed by atoms with Gasteiger partial charge in [0.25, 0.3) is 0 Å². The molecule has 0 bridgehead atoms. The molecule has 0 N–H and O–H groups in total. The molecule has 2 aromatic carbocycles. The zero-order valence-corrected chi connectivity index (χ0v) is 11.5. The molecular formula is C17H17Cl. The first-order valence-electron chi connectivity index (χ1n) is 6.49. The highest BCUT2D eigenvalue weighted by Gasteiger charge is 2.24. The van der Waals surface area contributed by atoms with Gasteiger partial charge in [-0.3, -0.25) is 0 Å². The van der Waals surface area contributed by atoms with E-state index in [1.54, 1.807) is 0 Å². The van der Waals surface area contributed by atoms with Gasteiger partial charge in [-0.1, -0.05) is 55.0 Å². The van der Waals surface area contributed by atoms with E-state index in [1.165, 1.54) is 27.8 Å². The van der Waals surface area contributed by atoms with Gasteiger partial charge in [0.1, 0.15) is 0 Å². The molecule has 1 heteroatoms. The first kappa shape index (κ1) is 11.8. The highest BCUT2D eigenvalue weighted by molar-refractivity contribution is 6.21. The maximum Gasteiger partial charge on any atom is 0.0628 e. The highest BCUT2D eigenvalue weighted by atomic mass is 35.5. The number of hydrogen-bond acceptors (Lipinski definition) is 0. The van der Waals surface area contributed by atoms with Crippen LogP contribution in [0.1, 0.15) is 46.0 Å². The predicted octanol–water partition coefficient (Wildman–Crippen LogP) is 4.98. The maximum absolute atomic E-state index is 6.62. The normalized spacial score (nSPS) is 21.9. The van der Waals surface area contributed by atoms with Crippen molar-refractivity contribution < 1.29 is 0 Å². The van der Waals surface area contributed by atoms with E-state index in [2.05, 4.69) is 56.3 Å². The van der Waals surface area contributed by atoms with Crippen LogP contribution >= 0.6 is 11.6 Å². The van der Waals surface area contributed by atoms with Crippen LogP contribution < -0.4 is 0 Å². The first-order chi connectivity index (χ1) is 8.66. The molecule has 0 aromatic heterocycles. The smallest absolute Gasteiger partial charge is 0.0628 e. The number of rotatable bonds is 0. The molecule has 2 unspecified atom stereocenters. The Kier molecular flexibility index (Phi) is 2.91. The number of hydrogen-bond donors (Lipinski definition) is 0. The third-order valence-corrected chi connectivity index (χ3v) is 4.36. The Hall–Kier alpha value is -1.27. The van der Waals surface area contributed by atoms with Gasteiger partial charge in [0.15, 0.2) is 0 Å². The van der Waals surface area contributed by atoms with Gasteiger partial charge in [0, 0.05) is 5.92 Å². The van der Waals surface area contributed by atoms with Crippen molar-refractivity contribution >= 4 is 11.6 Å². The topological polar surface area (TPSA) is 0 Å². The van der Waals surface area contributed by atoms with Crippen LogP contribution in [-0.4, -0.2) is 0 Å². The Morgan fingerprint density at radius 2 is 1.78 bits per heavy atom. The van der Waals surface area contributed by atoms with Gasteiger partial charge >= 0.3 is 0 Å². The molecule has 0 fully saturated rings. The molecule has 18 heavy (non-hydrogen) atoms. The third kappa shape index (κ3) is 1.85. The number of alkyl halides is 1. The summed E-state index contributed by atoms with van der Waals surface area (Å²) in [6.07, 6.45) is 0.929. The van der Waals surface area contributed by atoms with Crippen LogP contribution in [0, 0.1) is 6.92 Å². The van der Waals surface area contributed by atoms with Crippen molar-refractivity contribution in [2.75, 3.05) is 0 Å². The van der Waals surface area contributed by atoms with E-state index in [4.69, 9.17) is 11.6 Å². The average molecular weight is 257 g/mol. The van der Waals surface area contributed by atoms with Crippen LogP contribution in [-0.2, 0) is 6.42 Å². The molecule has 2 atom stereocenters. The number of fused-ring (bicyclic) bond motifs is 2. The zero-order chi connectivity index (χ0) is 12.7. The Labute approximate surface area is 114 Å². The lowest BCUT2D eigenvalue weighted by molar-refractivity contribution is 0.909. The molecule has 0 spiro atoms. The van der Waals surface area contributed by atoms with E-state index < -0.39 is 0 Å². The minimum atomic E-state index is 0.0889. The summed E-state index contributed by atoms with van der Waals surface area (Å²) >= 11 is 6.62. The van der Waals surface area contributed by atoms with E-state index in [1.807, 2.05) is 0 Å². The van der Waals surface area contributed by atoms with Crippen molar-refractivity contribution in [2.45, 2.75) is 31.6 Å². The zero-order valence-electron chi connectivity index (χ0n) is 10.8. The number of halogens is 1. The van der Waals surface area contributed by atoms with Crippen LogP contribution in [0.15, 0.2) is 42.5 Å². The molecule has 1 aliphatic rings. The van der Waals surface area contributed by atoms with Crippen molar-refractivity contribution in [1.29, 1.82) is 0 Å². The molecule has 2 aromatic rings. The molecule has 92 valence electrons. The maximum atomic E-state index is 6.62. The fourth-order valence-electron chi connectivity index (χ4n) is 2.97. The second-order valence-corrected chi connectivity index (χ2v) is 5.75. The molecule has 0 heterocycles. The monoisotopic (exact) mass is 256 g/mol. The van der Waals surface area contributed by atoms with Crippen LogP contribution in [0.2, 0.25) is 0 Å². The van der Waals surface area contributed by atoms with Crippen molar-refractivity contribution in [2.24, 2.45) is 0 Å². The fourth-order valence-corrected chi connectivity index (χ4v) is 3.33. The lowest BCUT2D eigenvalue weighted by Gasteiger charge is -2.16. The van der Waals surface area contributed by atoms with Gasteiger partial charge in [-0.25, -0.2) is 0 Å². The Bertz CT molecular complexity index is 586. The summed E-state index contributed by atoms with van der Waals surface area (Å²) in [5.41, 5.74) is 6.79. The Morgan fingerprint density at radius 3 is 2.61 bits per heavy atom. The van der Waals surface area contributed by atoms with Crippen LogP contribution in [0.25, 0.3) is 0 Å². The highest BCUT2D eigenvalue weighted by Crippen LogP contribution is 2.40. The molecule has 0 amide bonds. The molecule has 0 radical (unpaired) electrons. The number of aryl methyl sites for hydroxylation is 1. The van der Waals surface area contributed by atoms with Crippen molar-refractivity contribution in [3.8, 4) is 0 Å². The summed E-state index contributed by atoms with van der Waals surface area (Å²) in [6, 6.07) is 15.3. The standard InChI is InChI=1S/C17H17Cl/c1-11-7-8-15-12(2)14-6-4-3-5-13(14)10-17(18)16(15)9-11/h3-9,12,17H,10H2,1-2H3. The lowest BCUT2D eigenvalue weighted by atomic mass is 9.89. The van der Waals surface area contributed by atoms with Crippen molar-refractivity contribution in [1.82, 2.24) is 0 Å². The predicted molar refractivity (Wildman–Crippen MR) is 77.4 cm³/mol. The molecule has 0 aliphatic heterocycles. The van der Waals surface area contributed by atoms with Gasteiger partial charge in [0.2, 0.25) is 0 Å². The summed E-state index contributed by atoms with van der Waals surface area (Å²) in [5.74, 6) is 0.431. The minimum absolute atomic E-state index is 0.0889. The molecule has 1 aliphatic carbocycles. The SMILES string of the molecule is Cc1ccc2c(c1)C(Cl)Cc1ccccc1C2C. The third-order valence-electron chi connectivity index (χ3n) is 3.97. The second kappa shape index (κ2) is 4.44. The van der Waals surface area contributed by atoms with E-state index in [0.717, 1.165) is 6.42 Å². The van der Waals surface area contributed by atoms with Crippen LogP contribution in [0.4, 0.5) is 0 Å². The Morgan fingerprint density at radius 1 is 1.00 bits per heavy atom. The summed E-state index contributed by atoms with van der Waals surface area (Å²) < 4.78 is 0. The Balaban J connectivity index is 2.22. The minimum Gasteiger partial charge on any atom is -0.117 e. The molecular weight excluding hydrogens is 240 g/mol. The van der Waals surface area contributed by atoms with Gasteiger partial charge in [-0.2, -0.15) is 0 Å². The lowest BCUT2D eigenvalue weighted by Crippen LogP contribution is -1.99. The van der Waals surface area contributed by atoms with Gasteiger partial charge in [0.05, 0.1) is 5.38 Å². The van der Waals surface area contributed by atoms with E-state index >= 15 is 0 Å². The summed E-state index contributed by atoms with van der Waals surface area (Å²) in [7, 11) is 0. The summed E-state index contributed by atoms with van der Waals surface area (Å²) in [6.45, 7) is 4.41. The van der Waals surface area contributed by atoms with E-state index in [-0.39, 0.29) is 5.38 Å². The van der Waals surface area contributed by atoms with Gasteiger partial charge < -0.3 is 0 Å². The number of benzene rings is 2. The second-order valence-electron chi connectivity index (χ2n) is 5.22. The summed E-state index contributed by atoms with van der Waals surface area (Å²) in [5, 5.41) is 0.0889. The van der Waals surface area contributed by atoms with Gasteiger partial charge in [-0.15, -0.1) is 11.6 Å². The largest absolute Gasteiger partial charge is 0.117 e. The van der Waals surface area contributed by atoms with Crippen LogP contribution in [0.5, 0.6) is 0 Å². The van der Waals surface area contributed by atoms with Crippen molar-refractivity contribution in [3.63, 3.8) is 0 Å². The molecule has 0 saturated heterocycles. The molecule has 3 rings (SSSR count). The van der Waals surface area contributed by atoms with Crippen molar-refractivity contribution in [3.05, 3.63) is 70.3 Å². The molecule has 0 saturated carbocycles. The molecule has 0 nitrogen and oxygen atoms in total. The summed E-state index contributed by atoms with van der Waals surface area (Å²) in [4.78, 5) is 0. The average Bonchev–Trinajstić information content (AvgIpc) is 2.47.